The summed E-state index contributed by atoms with van der Waals surface area (Å²) in [5.74, 6) is 3.32. The van der Waals surface area contributed by atoms with Gasteiger partial charge in [-0.1, -0.05) is 45.0 Å². The SMILES string of the molecule is CC(C)(C)[Si](C)(C)C#Cc1cncc(-c2nnn(CCCO)c2I)c1. The minimum Gasteiger partial charge on any atom is -0.396 e. The average Bonchev–Trinajstić information content (AvgIpc) is 2.91. The number of nitrogens with zero attached hydrogens (tertiary/aromatic N) is 4. The molecule has 0 saturated heterocycles. The number of aryl methyl sites for hydroxylation is 1. The lowest BCUT2D eigenvalue weighted by Gasteiger charge is -2.31. The topological polar surface area (TPSA) is 63.8 Å². The van der Waals surface area contributed by atoms with Crippen molar-refractivity contribution in [1.82, 2.24) is 20.0 Å². The van der Waals surface area contributed by atoms with Gasteiger partial charge < -0.3 is 5.11 Å². The van der Waals surface area contributed by atoms with E-state index in [1.165, 1.54) is 0 Å². The van der Waals surface area contributed by atoms with E-state index < -0.39 is 8.07 Å². The summed E-state index contributed by atoms with van der Waals surface area (Å²) in [4.78, 5) is 4.33. The van der Waals surface area contributed by atoms with Crippen LogP contribution in [0.1, 0.15) is 32.8 Å². The Hall–Kier alpha value is -1.24. The van der Waals surface area contributed by atoms with Crippen LogP contribution in [0.3, 0.4) is 0 Å². The highest BCUT2D eigenvalue weighted by molar-refractivity contribution is 14.1. The quantitative estimate of drug-likeness (QED) is 0.422. The second-order valence-electron chi connectivity index (χ2n) is 7.62. The van der Waals surface area contributed by atoms with E-state index in [0.717, 1.165) is 20.5 Å². The molecule has 0 radical (unpaired) electrons. The second kappa shape index (κ2) is 7.97. The van der Waals surface area contributed by atoms with E-state index in [2.05, 4.69) is 83.2 Å². The van der Waals surface area contributed by atoms with E-state index in [4.69, 9.17) is 5.11 Å². The summed E-state index contributed by atoms with van der Waals surface area (Å²) in [6.45, 7) is 12.2. The van der Waals surface area contributed by atoms with E-state index in [1.54, 1.807) is 17.1 Å². The van der Waals surface area contributed by atoms with Crippen LogP contribution in [0.5, 0.6) is 0 Å². The molecular formula is C18H25IN4OSi. The van der Waals surface area contributed by atoms with Crippen molar-refractivity contribution in [3.63, 3.8) is 0 Å². The predicted molar refractivity (Wildman–Crippen MR) is 112 cm³/mol. The minimum atomic E-state index is -1.65. The van der Waals surface area contributed by atoms with Crippen molar-refractivity contribution in [2.24, 2.45) is 0 Å². The molecule has 134 valence electrons. The largest absolute Gasteiger partial charge is 0.396 e. The maximum atomic E-state index is 8.97. The van der Waals surface area contributed by atoms with Crippen LogP contribution in [0.15, 0.2) is 18.5 Å². The summed E-state index contributed by atoms with van der Waals surface area (Å²) in [6.07, 6.45) is 4.25. The third-order valence-electron chi connectivity index (χ3n) is 4.61. The summed E-state index contributed by atoms with van der Waals surface area (Å²) in [5.41, 5.74) is 6.15. The van der Waals surface area contributed by atoms with Gasteiger partial charge in [-0.15, -0.1) is 10.6 Å². The fourth-order valence-corrected chi connectivity index (χ4v) is 3.48. The van der Waals surface area contributed by atoms with Gasteiger partial charge in [0.25, 0.3) is 0 Å². The van der Waals surface area contributed by atoms with Crippen molar-refractivity contribution in [3.8, 4) is 22.7 Å². The van der Waals surface area contributed by atoms with Crippen LogP contribution >= 0.6 is 22.6 Å². The van der Waals surface area contributed by atoms with Crippen LogP contribution < -0.4 is 0 Å². The van der Waals surface area contributed by atoms with Crippen LogP contribution in [0, 0.1) is 15.2 Å². The molecule has 0 fully saturated rings. The molecule has 0 saturated carbocycles. The summed E-state index contributed by atoms with van der Waals surface area (Å²) < 4.78 is 2.75. The minimum absolute atomic E-state index is 0.144. The molecule has 0 atom stereocenters. The Bertz CT molecular complexity index is 799. The third-order valence-corrected chi connectivity index (χ3v) is 10.2. The van der Waals surface area contributed by atoms with Crippen molar-refractivity contribution in [1.29, 1.82) is 0 Å². The number of pyridine rings is 1. The zero-order chi connectivity index (χ0) is 18.7. The van der Waals surface area contributed by atoms with Gasteiger partial charge in [0.1, 0.15) is 17.5 Å². The van der Waals surface area contributed by atoms with Gasteiger partial charge >= 0.3 is 0 Å². The van der Waals surface area contributed by atoms with E-state index in [-0.39, 0.29) is 11.6 Å². The van der Waals surface area contributed by atoms with Gasteiger partial charge in [0.15, 0.2) is 0 Å². The molecule has 0 aliphatic heterocycles. The standard InChI is InChI=1S/C18H25IN4OSi/c1-18(2,3)25(4,5)10-7-14-11-15(13-20-12-14)16-17(19)23(22-21-16)8-6-9-24/h11-13,24H,6,8-9H2,1-5H3. The van der Waals surface area contributed by atoms with Crippen molar-refractivity contribution < 1.29 is 5.11 Å². The Labute approximate surface area is 164 Å². The molecule has 0 bridgehead atoms. The van der Waals surface area contributed by atoms with E-state index >= 15 is 0 Å². The average molecular weight is 468 g/mol. The first kappa shape index (κ1) is 20.1. The molecule has 0 aliphatic rings. The lowest BCUT2D eigenvalue weighted by molar-refractivity contribution is 0.275. The van der Waals surface area contributed by atoms with E-state index in [0.29, 0.717) is 13.0 Å². The Kier molecular flexibility index (Phi) is 6.40. The molecule has 25 heavy (non-hydrogen) atoms. The molecule has 0 amide bonds. The molecule has 1 N–H and O–H groups in total. The normalized spacial score (nSPS) is 12.0. The van der Waals surface area contributed by atoms with Crippen molar-refractivity contribution in [2.45, 2.75) is 51.9 Å². The van der Waals surface area contributed by atoms with Crippen molar-refractivity contribution in [2.75, 3.05) is 6.61 Å². The number of aliphatic hydroxyl groups is 1. The van der Waals surface area contributed by atoms with Crippen LogP contribution in [-0.2, 0) is 6.54 Å². The highest BCUT2D eigenvalue weighted by Crippen LogP contribution is 2.35. The Morgan fingerprint density at radius 3 is 2.64 bits per heavy atom. The van der Waals surface area contributed by atoms with Gasteiger partial charge in [0.2, 0.25) is 0 Å². The van der Waals surface area contributed by atoms with Crippen LogP contribution in [-0.4, -0.2) is 39.8 Å². The molecule has 2 heterocycles. The Morgan fingerprint density at radius 2 is 2.00 bits per heavy atom. The Balaban J connectivity index is 2.31. The molecule has 2 rings (SSSR count). The van der Waals surface area contributed by atoms with Crippen LogP contribution in [0.4, 0.5) is 0 Å². The lowest BCUT2D eigenvalue weighted by Crippen LogP contribution is -2.35. The van der Waals surface area contributed by atoms with Gasteiger partial charge in [0.05, 0.1) is 0 Å². The van der Waals surface area contributed by atoms with Gasteiger partial charge in [-0.3, -0.25) is 4.98 Å². The number of aromatic nitrogens is 4. The first-order valence-corrected chi connectivity index (χ1v) is 12.4. The van der Waals surface area contributed by atoms with E-state index in [1.807, 2.05) is 6.07 Å². The molecule has 2 aromatic rings. The fraction of sp³-hybridized carbons (Fsp3) is 0.500. The maximum Gasteiger partial charge on any atom is 0.138 e. The van der Waals surface area contributed by atoms with Crippen molar-refractivity contribution in [3.05, 3.63) is 27.7 Å². The molecule has 5 nitrogen and oxygen atoms in total. The summed E-state index contributed by atoms with van der Waals surface area (Å²) in [6, 6.07) is 2.02. The number of halogens is 1. The van der Waals surface area contributed by atoms with Gasteiger partial charge in [-0.05, 0) is 40.1 Å². The maximum absolute atomic E-state index is 8.97. The molecule has 0 aliphatic carbocycles. The zero-order valence-corrected chi connectivity index (χ0v) is 18.6. The lowest BCUT2D eigenvalue weighted by atomic mass is 10.2. The predicted octanol–water partition coefficient (Wildman–Crippen LogP) is 3.73. The van der Waals surface area contributed by atoms with Gasteiger partial charge in [-0.2, -0.15) is 0 Å². The van der Waals surface area contributed by atoms with Crippen LogP contribution in [0.25, 0.3) is 11.3 Å². The first-order valence-electron chi connectivity index (χ1n) is 8.34. The molecule has 0 aromatic carbocycles. The molecule has 0 unspecified atom stereocenters. The zero-order valence-electron chi connectivity index (χ0n) is 15.5. The monoisotopic (exact) mass is 468 g/mol. The third kappa shape index (κ3) is 4.89. The Morgan fingerprint density at radius 1 is 1.28 bits per heavy atom. The summed E-state index contributed by atoms with van der Waals surface area (Å²) in [5, 5.41) is 17.6. The highest BCUT2D eigenvalue weighted by Gasteiger charge is 2.33. The first-order chi connectivity index (χ1) is 11.7. The molecular weight excluding hydrogens is 443 g/mol. The van der Waals surface area contributed by atoms with Crippen LogP contribution in [0.2, 0.25) is 18.1 Å². The summed E-state index contributed by atoms with van der Waals surface area (Å²) >= 11 is 2.24. The summed E-state index contributed by atoms with van der Waals surface area (Å²) in [7, 11) is -1.65. The fourth-order valence-electron chi connectivity index (χ4n) is 1.90. The molecule has 7 heteroatoms. The molecule has 2 aromatic heterocycles. The number of rotatable bonds is 4. The smallest absolute Gasteiger partial charge is 0.138 e. The number of aliphatic hydroxyl groups excluding tert-OH is 1. The number of hydrogen-bond acceptors (Lipinski definition) is 4. The van der Waals surface area contributed by atoms with Gasteiger partial charge in [-0.25, -0.2) is 4.68 Å². The number of hydrogen-bond donors (Lipinski definition) is 1. The highest BCUT2D eigenvalue weighted by atomic mass is 127. The second-order valence-corrected chi connectivity index (χ2v) is 13.6. The van der Waals surface area contributed by atoms with Crippen molar-refractivity contribution >= 4 is 30.7 Å². The van der Waals surface area contributed by atoms with E-state index in [9.17, 15) is 0 Å². The van der Waals surface area contributed by atoms with Gasteiger partial charge in [0, 0.05) is 36.7 Å². The molecule has 0 spiro atoms.